The summed E-state index contributed by atoms with van der Waals surface area (Å²) in [5.41, 5.74) is 5.24. The van der Waals surface area contributed by atoms with Gasteiger partial charge in [-0.1, -0.05) is 36.4 Å². The van der Waals surface area contributed by atoms with Gasteiger partial charge >= 0.3 is 11.9 Å². The zero-order valence-electron chi connectivity index (χ0n) is 22.8. The second kappa shape index (κ2) is 10.8. The van der Waals surface area contributed by atoms with Crippen LogP contribution in [0.1, 0.15) is 50.5 Å². The fourth-order valence-corrected chi connectivity index (χ4v) is 5.90. The van der Waals surface area contributed by atoms with Gasteiger partial charge in [0.25, 0.3) is 0 Å². The minimum absolute atomic E-state index is 0.107. The molecule has 2 aromatic carbocycles. The van der Waals surface area contributed by atoms with Crippen molar-refractivity contribution in [3.63, 3.8) is 0 Å². The highest BCUT2D eigenvalue weighted by Crippen LogP contribution is 2.45. The number of rotatable bonds is 7. The number of carbonyl (C=O) groups excluding carboxylic acids is 2. The first kappa shape index (κ1) is 26.1. The van der Waals surface area contributed by atoms with E-state index in [-0.39, 0.29) is 32.3 Å². The third-order valence-electron chi connectivity index (χ3n) is 7.82. The lowest BCUT2D eigenvalue weighted by Crippen LogP contribution is -2.43. The van der Waals surface area contributed by atoms with Gasteiger partial charge in [0.15, 0.2) is 11.1 Å². The van der Waals surface area contributed by atoms with E-state index < -0.39 is 17.4 Å². The van der Waals surface area contributed by atoms with Gasteiger partial charge in [-0.05, 0) is 74.3 Å². The summed E-state index contributed by atoms with van der Waals surface area (Å²) in [5, 5.41) is 0. The normalized spacial score (nSPS) is 17.9. The number of fused-ring (bicyclic) bond motifs is 2. The molecule has 1 saturated heterocycles. The molecule has 40 heavy (non-hydrogen) atoms. The van der Waals surface area contributed by atoms with E-state index in [4.69, 9.17) is 24.2 Å². The molecule has 0 saturated carbocycles. The van der Waals surface area contributed by atoms with Gasteiger partial charge in [0.1, 0.15) is 23.8 Å². The molecule has 1 fully saturated rings. The Bertz CT molecular complexity index is 1540. The van der Waals surface area contributed by atoms with Crippen LogP contribution in [0.2, 0.25) is 0 Å². The fourth-order valence-electron chi connectivity index (χ4n) is 5.90. The molecule has 1 aliphatic heterocycles. The average molecular weight is 541 g/mol. The molecule has 9 nitrogen and oxygen atoms in total. The van der Waals surface area contributed by atoms with Crippen LogP contribution >= 0.6 is 0 Å². The molecule has 0 radical (unpaired) electrons. The van der Waals surface area contributed by atoms with E-state index in [9.17, 15) is 9.59 Å². The van der Waals surface area contributed by atoms with Crippen molar-refractivity contribution >= 4 is 23.1 Å². The van der Waals surface area contributed by atoms with E-state index in [1.165, 1.54) is 0 Å². The van der Waals surface area contributed by atoms with Crippen LogP contribution in [0.5, 0.6) is 0 Å². The number of aromatic nitrogens is 4. The summed E-state index contributed by atoms with van der Waals surface area (Å²) in [6.45, 7) is 4.56. The average Bonchev–Trinajstić information content (AvgIpc) is 3.60. The summed E-state index contributed by atoms with van der Waals surface area (Å²) in [4.78, 5) is 40.5. The largest absolute Gasteiger partial charge is 0.465 e. The van der Waals surface area contributed by atoms with Crippen molar-refractivity contribution in [1.82, 2.24) is 19.5 Å². The predicted octanol–water partition coefficient (Wildman–Crippen LogP) is 5.07. The Kier molecular flexibility index (Phi) is 7.06. The van der Waals surface area contributed by atoms with Crippen LogP contribution in [0.25, 0.3) is 33.5 Å². The maximum Gasteiger partial charge on any atom is 0.324 e. The van der Waals surface area contributed by atoms with Gasteiger partial charge in [-0.25, -0.2) is 15.0 Å². The Morgan fingerprint density at radius 1 is 0.950 bits per heavy atom. The van der Waals surface area contributed by atoms with Crippen LogP contribution in [-0.2, 0) is 36.6 Å². The van der Waals surface area contributed by atoms with Crippen molar-refractivity contribution in [2.75, 3.05) is 19.8 Å². The number of benzene rings is 2. The van der Waals surface area contributed by atoms with E-state index >= 15 is 0 Å². The zero-order valence-corrected chi connectivity index (χ0v) is 22.8. The van der Waals surface area contributed by atoms with Crippen molar-refractivity contribution in [2.24, 2.45) is 5.41 Å². The molecule has 3 heterocycles. The first-order valence-electron chi connectivity index (χ1n) is 13.9. The second-order valence-electron chi connectivity index (χ2n) is 10.3. The zero-order chi connectivity index (χ0) is 27.7. The number of imidazole rings is 1. The molecule has 1 atom stereocenters. The van der Waals surface area contributed by atoms with E-state index in [2.05, 4.69) is 11.1 Å². The Morgan fingerprint density at radius 2 is 1.65 bits per heavy atom. The standard InChI is InChI=1S/C31H32N4O5/c1-3-38-29(36)31(30(37)39-4-2)16-21-14-23(20-10-6-5-7-11-20)24(15-22(21)17-31)26-27-28(33-18-32-26)35(19-34-27)25-12-8-9-13-40-25/h5-7,10-11,14-15,18-19,25H,3-4,8-9,12-13,16-17H2,1-2H3. The summed E-state index contributed by atoms with van der Waals surface area (Å²) >= 11 is 0. The highest BCUT2D eigenvalue weighted by Gasteiger charge is 2.53. The molecule has 0 amide bonds. The number of nitrogens with zero attached hydrogens (tertiary/aromatic N) is 4. The summed E-state index contributed by atoms with van der Waals surface area (Å²) in [7, 11) is 0. The van der Waals surface area contributed by atoms with Crippen LogP contribution in [-0.4, -0.2) is 51.3 Å². The van der Waals surface area contributed by atoms with Crippen LogP contribution in [0.4, 0.5) is 0 Å². The Hall–Kier alpha value is -4.11. The van der Waals surface area contributed by atoms with E-state index in [1.807, 2.05) is 41.0 Å². The van der Waals surface area contributed by atoms with Crippen LogP contribution in [0.15, 0.2) is 55.1 Å². The number of hydrogen-bond acceptors (Lipinski definition) is 8. The molecule has 206 valence electrons. The number of ether oxygens (including phenoxy) is 3. The van der Waals surface area contributed by atoms with Crippen molar-refractivity contribution in [1.29, 1.82) is 0 Å². The lowest BCUT2D eigenvalue weighted by molar-refractivity contribution is -0.171. The summed E-state index contributed by atoms with van der Waals surface area (Å²) in [5.74, 6) is -1.11. The molecule has 2 aromatic heterocycles. The van der Waals surface area contributed by atoms with E-state index in [0.717, 1.165) is 47.1 Å². The predicted molar refractivity (Wildman–Crippen MR) is 148 cm³/mol. The molecule has 6 rings (SSSR count). The Morgan fingerprint density at radius 3 is 2.30 bits per heavy atom. The maximum atomic E-state index is 13.2. The van der Waals surface area contributed by atoms with Crippen molar-refractivity contribution in [3.05, 3.63) is 66.2 Å². The van der Waals surface area contributed by atoms with Gasteiger partial charge in [0.05, 0.1) is 19.5 Å². The second-order valence-corrected chi connectivity index (χ2v) is 10.3. The molecule has 2 aliphatic rings. The van der Waals surface area contributed by atoms with Crippen LogP contribution in [0.3, 0.4) is 0 Å². The highest BCUT2D eigenvalue weighted by atomic mass is 16.6. The minimum atomic E-state index is -1.41. The topological polar surface area (TPSA) is 105 Å². The Balaban J connectivity index is 1.51. The molecular weight excluding hydrogens is 508 g/mol. The molecule has 1 aliphatic carbocycles. The quantitative estimate of drug-likeness (QED) is 0.236. The molecule has 9 heteroatoms. The number of esters is 2. The van der Waals surface area contributed by atoms with Crippen LogP contribution < -0.4 is 0 Å². The van der Waals surface area contributed by atoms with E-state index in [0.29, 0.717) is 23.5 Å². The molecule has 1 unspecified atom stereocenters. The SMILES string of the molecule is CCOC(=O)C1(C(=O)OCC)Cc2cc(-c3ccccc3)c(-c3ncnc4c3ncn4C3CCCCO3)cc2C1. The van der Waals surface area contributed by atoms with Gasteiger partial charge in [-0.3, -0.25) is 14.2 Å². The first-order chi connectivity index (χ1) is 19.6. The monoisotopic (exact) mass is 540 g/mol. The third kappa shape index (κ3) is 4.44. The van der Waals surface area contributed by atoms with Crippen molar-refractivity contribution < 1.29 is 23.8 Å². The minimum Gasteiger partial charge on any atom is -0.465 e. The van der Waals surface area contributed by atoms with Gasteiger partial charge < -0.3 is 14.2 Å². The van der Waals surface area contributed by atoms with Gasteiger partial charge in [0.2, 0.25) is 0 Å². The summed E-state index contributed by atoms with van der Waals surface area (Å²) < 4.78 is 18.8. The molecular formula is C31H32N4O5. The molecule has 0 N–H and O–H groups in total. The molecule has 0 spiro atoms. The smallest absolute Gasteiger partial charge is 0.324 e. The van der Waals surface area contributed by atoms with E-state index in [1.54, 1.807) is 26.5 Å². The summed E-state index contributed by atoms with van der Waals surface area (Å²) in [6, 6.07) is 14.1. The first-order valence-corrected chi connectivity index (χ1v) is 13.9. The van der Waals surface area contributed by atoms with Gasteiger partial charge in [-0.2, -0.15) is 0 Å². The summed E-state index contributed by atoms with van der Waals surface area (Å²) in [6.07, 6.45) is 6.69. The number of hydrogen-bond donors (Lipinski definition) is 0. The lowest BCUT2D eigenvalue weighted by Gasteiger charge is -2.24. The van der Waals surface area contributed by atoms with Crippen molar-refractivity contribution in [2.45, 2.75) is 52.2 Å². The molecule has 4 aromatic rings. The molecule has 0 bridgehead atoms. The van der Waals surface area contributed by atoms with Crippen molar-refractivity contribution in [3.8, 4) is 22.4 Å². The van der Waals surface area contributed by atoms with Gasteiger partial charge in [0, 0.05) is 12.2 Å². The van der Waals surface area contributed by atoms with Crippen LogP contribution in [0, 0.1) is 5.41 Å². The maximum absolute atomic E-state index is 13.2. The Labute approximate surface area is 232 Å². The highest BCUT2D eigenvalue weighted by molar-refractivity contribution is 6.02. The lowest BCUT2D eigenvalue weighted by atomic mass is 9.84. The third-order valence-corrected chi connectivity index (χ3v) is 7.82. The fraction of sp³-hybridized carbons (Fsp3) is 0.387. The number of carbonyl (C=O) groups is 2. The van der Waals surface area contributed by atoms with Gasteiger partial charge in [-0.15, -0.1) is 0 Å².